The highest BCUT2D eigenvalue weighted by Crippen LogP contribution is 2.62. The van der Waals surface area contributed by atoms with E-state index in [2.05, 4.69) is 42.6 Å². The van der Waals surface area contributed by atoms with Crippen LogP contribution >= 0.6 is 0 Å². The first-order valence-electron chi connectivity index (χ1n) is 12.0. The van der Waals surface area contributed by atoms with Crippen LogP contribution in [0.5, 0.6) is 5.75 Å². The largest absolute Gasteiger partial charge is 0.496 e. The number of nitrogens with one attached hydrogen (secondary N) is 2. The van der Waals surface area contributed by atoms with Crippen molar-refractivity contribution in [1.29, 1.82) is 0 Å². The van der Waals surface area contributed by atoms with Gasteiger partial charge in [0.1, 0.15) is 5.75 Å². The Morgan fingerprint density at radius 1 is 1.17 bits per heavy atom. The molecule has 1 unspecified atom stereocenters. The molecule has 1 saturated carbocycles. The molecule has 0 radical (unpaired) electrons. The van der Waals surface area contributed by atoms with E-state index < -0.39 is 21.3 Å². The van der Waals surface area contributed by atoms with Crippen molar-refractivity contribution < 1.29 is 13.2 Å². The molecule has 2 atom stereocenters. The van der Waals surface area contributed by atoms with Gasteiger partial charge in [-0.3, -0.25) is 14.3 Å². The first-order chi connectivity index (χ1) is 16.8. The average Bonchev–Trinajstić information content (AvgIpc) is 3.40. The Labute approximate surface area is 210 Å². The van der Waals surface area contributed by atoms with Crippen LogP contribution in [0.1, 0.15) is 43.9 Å². The van der Waals surface area contributed by atoms with E-state index in [1.54, 1.807) is 7.11 Å². The number of aromatic nitrogens is 2. The van der Waals surface area contributed by atoms with Crippen LogP contribution in [0.4, 0.5) is 0 Å². The summed E-state index contributed by atoms with van der Waals surface area (Å²) in [7, 11) is -1.61. The Kier molecular flexibility index (Phi) is 5.57. The summed E-state index contributed by atoms with van der Waals surface area (Å²) in [5, 5.41) is 0. The van der Waals surface area contributed by atoms with Gasteiger partial charge in [0.25, 0.3) is 5.56 Å². The maximum absolute atomic E-state index is 12.6. The summed E-state index contributed by atoms with van der Waals surface area (Å²) in [6.45, 7) is 6.68. The van der Waals surface area contributed by atoms with Crippen molar-refractivity contribution in [3.05, 3.63) is 80.1 Å². The van der Waals surface area contributed by atoms with E-state index >= 15 is 0 Å². The van der Waals surface area contributed by atoms with E-state index in [9.17, 15) is 18.0 Å². The Morgan fingerprint density at radius 3 is 2.56 bits per heavy atom. The molecule has 0 saturated heterocycles. The summed E-state index contributed by atoms with van der Waals surface area (Å²) < 4.78 is 33.5. The van der Waals surface area contributed by atoms with Gasteiger partial charge < -0.3 is 4.74 Å². The zero-order valence-electron chi connectivity index (χ0n) is 21.1. The van der Waals surface area contributed by atoms with Gasteiger partial charge in [0, 0.05) is 35.3 Å². The lowest BCUT2D eigenvalue weighted by Gasteiger charge is -2.26. The van der Waals surface area contributed by atoms with Gasteiger partial charge in [0.05, 0.1) is 19.1 Å². The highest BCUT2D eigenvalue weighted by atomic mass is 32.2. The third-order valence-corrected chi connectivity index (χ3v) is 8.16. The number of methoxy groups -OCH3 is 1. The smallest absolute Gasteiger partial charge is 0.332 e. The Balaban J connectivity index is 1.64. The Hall–Kier alpha value is -3.17. The first-order valence-corrected chi connectivity index (χ1v) is 13.8. The fourth-order valence-electron chi connectivity index (χ4n) is 5.60. The van der Waals surface area contributed by atoms with E-state index in [-0.39, 0.29) is 10.8 Å². The normalized spacial score (nSPS) is 20.6. The van der Waals surface area contributed by atoms with Crippen molar-refractivity contribution in [2.75, 3.05) is 19.9 Å². The zero-order valence-corrected chi connectivity index (χ0v) is 22.0. The summed E-state index contributed by atoms with van der Waals surface area (Å²) in [4.78, 5) is 26.5. The van der Waals surface area contributed by atoms with Crippen molar-refractivity contribution in [2.45, 2.75) is 44.4 Å². The molecular formula is C27H31N3O5S. The van der Waals surface area contributed by atoms with E-state index in [0.29, 0.717) is 18.2 Å². The average molecular weight is 510 g/mol. The molecule has 2 aliphatic rings. The first kappa shape index (κ1) is 24.5. The number of hydrogen-bond acceptors (Lipinski definition) is 5. The number of aromatic amines is 1. The van der Waals surface area contributed by atoms with Crippen LogP contribution in [0.25, 0.3) is 16.8 Å². The van der Waals surface area contributed by atoms with Crippen molar-refractivity contribution in [1.82, 2.24) is 14.3 Å². The number of sulfonamides is 1. The van der Waals surface area contributed by atoms with Crippen LogP contribution in [-0.4, -0.2) is 37.9 Å². The Morgan fingerprint density at radius 2 is 1.92 bits per heavy atom. The van der Waals surface area contributed by atoms with E-state index in [0.717, 1.165) is 35.3 Å². The molecule has 8 nitrogen and oxygen atoms in total. The van der Waals surface area contributed by atoms with Crippen molar-refractivity contribution >= 4 is 10.0 Å². The van der Waals surface area contributed by atoms with Gasteiger partial charge in [-0.2, -0.15) is 0 Å². The van der Waals surface area contributed by atoms with Crippen LogP contribution in [-0.2, 0) is 27.3 Å². The standard InChI is InChI=1S/C27H31N3O5S/c1-26(2,3)22-13-19(30-9-8-23(31)29-25(30)32)12-20(24(22)35-4)16-6-7-21-17(10-16)11-18-14-27(18,21)15-28-36(5,33)34/h6-10,12-13,18,28H,11,14-15H2,1-5H3,(H,29,31,32)/t18?,27-/m1/s1. The number of fused-ring (bicyclic) bond motifs is 3. The molecule has 36 heavy (non-hydrogen) atoms. The molecule has 1 aromatic heterocycles. The SMILES string of the molecule is COc1c(-c2ccc3c(c2)CC2C[C@]32CNS(C)(=O)=O)cc(-n2ccc(=O)[nH]c2=O)cc1C(C)(C)C. The lowest BCUT2D eigenvalue weighted by atomic mass is 9.83. The lowest BCUT2D eigenvalue weighted by molar-refractivity contribution is 0.399. The second kappa shape index (κ2) is 8.18. The monoisotopic (exact) mass is 509 g/mol. The number of nitrogens with zero attached hydrogens (tertiary/aromatic N) is 1. The van der Waals surface area contributed by atoms with Gasteiger partial charge in [0.15, 0.2) is 0 Å². The maximum atomic E-state index is 12.6. The molecular weight excluding hydrogens is 478 g/mol. The molecule has 0 bridgehead atoms. The van der Waals surface area contributed by atoms with Crippen LogP contribution in [0.3, 0.4) is 0 Å². The number of rotatable bonds is 6. The number of benzene rings is 2. The summed E-state index contributed by atoms with van der Waals surface area (Å²) in [5.74, 6) is 1.18. The van der Waals surface area contributed by atoms with Gasteiger partial charge in [-0.05, 0) is 53.0 Å². The van der Waals surface area contributed by atoms with Gasteiger partial charge in [-0.25, -0.2) is 17.9 Å². The molecule has 2 N–H and O–H groups in total. The van der Waals surface area contributed by atoms with Gasteiger partial charge in [-0.1, -0.05) is 39.0 Å². The van der Waals surface area contributed by atoms with Crippen molar-refractivity contribution in [2.24, 2.45) is 5.92 Å². The van der Waals surface area contributed by atoms with Crippen LogP contribution in [0, 0.1) is 5.92 Å². The third-order valence-electron chi connectivity index (χ3n) is 7.49. The fraction of sp³-hybridized carbons (Fsp3) is 0.407. The van der Waals surface area contributed by atoms with E-state index in [1.807, 2.05) is 18.2 Å². The highest BCUT2D eigenvalue weighted by Gasteiger charge is 2.59. The lowest BCUT2D eigenvalue weighted by Crippen LogP contribution is -2.31. The van der Waals surface area contributed by atoms with Crippen LogP contribution in [0.15, 0.2) is 52.2 Å². The number of H-pyrrole nitrogens is 1. The van der Waals surface area contributed by atoms with Crippen LogP contribution < -0.4 is 20.7 Å². The second-order valence-electron chi connectivity index (χ2n) is 11.0. The molecule has 2 aromatic carbocycles. The molecule has 2 aliphatic carbocycles. The molecule has 190 valence electrons. The predicted molar refractivity (Wildman–Crippen MR) is 140 cm³/mol. The molecule has 0 spiro atoms. The molecule has 0 amide bonds. The zero-order chi connectivity index (χ0) is 26.0. The number of hydrogen-bond donors (Lipinski definition) is 2. The minimum atomic E-state index is -3.26. The molecule has 1 fully saturated rings. The highest BCUT2D eigenvalue weighted by molar-refractivity contribution is 7.88. The predicted octanol–water partition coefficient (Wildman–Crippen LogP) is 2.86. The van der Waals surface area contributed by atoms with E-state index in [1.165, 1.54) is 34.2 Å². The molecule has 3 aromatic rings. The summed E-state index contributed by atoms with van der Waals surface area (Å²) in [5.41, 5.74) is 4.45. The third kappa shape index (κ3) is 4.20. The molecule has 0 aliphatic heterocycles. The molecule has 1 heterocycles. The number of ether oxygens (including phenoxy) is 1. The van der Waals surface area contributed by atoms with E-state index in [4.69, 9.17) is 4.74 Å². The molecule has 5 rings (SSSR count). The summed E-state index contributed by atoms with van der Waals surface area (Å²) in [6, 6.07) is 11.5. The molecule has 9 heteroatoms. The second-order valence-corrected chi connectivity index (χ2v) is 12.9. The van der Waals surface area contributed by atoms with Gasteiger partial charge in [-0.15, -0.1) is 0 Å². The fourth-order valence-corrected chi connectivity index (χ4v) is 6.12. The van der Waals surface area contributed by atoms with Crippen LogP contribution in [0.2, 0.25) is 0 Å². The maximum Gasteiger partial charge on any atom is 0.332 e. The summed E-state index contributed by atoms with van der Waals surface area (Å²) in [6.07, 6.45) is 4.57. The minimum Gasteiger partial charge on any atom is -0.496 e. The Bertz CT molecular complexity index is 1600. The quantitative estimate of drug-likeness (QED) is 0.531. The topological polar surface area (TPSA) is 110 Å². The summed E-state index contributed by atoms with van der Waals surface area (Å²) >= 11 is 0. The van der Waals surface area contributed by atoms with Crippen molar-refractivity contribution in [3.8, 4) is 22.6 Å². The van der Waals surface area contributed by atoms with Crippen molar-refractivity contribution in [3.63, 3.8) is 0 Å². The minimum absolute atomic E-state index is 0.122. The van der Waals surface area contributed by atoms with Gasteiger partial charge >= 0.3 is 5.69 Å². The van der Waals surface area contributed by atoms with Gasteiger partial charge in [0.2, 0.25) is 10.0 Å².